The van der Waals surface area contributed by atoms with Gasteiger partial charge in [-0.05, 0) is 169 Å². The lowest BCUT2D eigenvalue weighted by atomic mass is 9.69. The van der Waals surface area contributed by atoms with Crippen molar-refractivity contribution >= 4 is 80.4 Å². The van der Waals surface area contributed by atoms with Crippen molar-refractivity contribution < 1.29 is 0 Å². The summed E-state index contributed by atoms with van der Waals surface area (Å²) >= 11 is 1.38. The number of fused-ring (bicyclic) bond motifs is 7. The van der Waals surface area contributed by atoms with Gasteiger partial charge in [-0.2, -0.15) is 8.75 Å². The second-order valence-corrected chi connectivity index (χ2v) is 42.4. The Morgan fingerprint density at radius 1 is 0.205 bits per heavy atom. The molecular formula is C112H120N2SSi2. The largest absolute Gasteiger partial charge is 0.179 e. The number of hydrogen-bond donors (Lipinski definition) is 0. The van der Waals surface area contributed by atoms with E-state index in [-0.39, 0.29) is 10.8 Å². The molecular weight excluding hydrogens is 1460 g/mol. The first-order valence-corrected chi connectivity index (χ1v) is 50.0. The quantitative estimate of drug-likeness (QED) is 0.0217. The fraction of sp³-hybridized carbons (Fsp3) is 0.304. The summed E-state index contributed by atoms with van der Waals surface area (Å²) in [6.45, 7) is 9.38. The van der Waals surface area contributed by atoms with Gasteiger partial charge in [0, 0.05) is 22.0 Å². The summed E-state index contributed by atoms with van der Waals surface area (Å²) in [7, 11) is -5.42. The Bertz CT molecular complexity index is 4960. The summed E-state index contributed by atoms with van der Waals surface area (Å²) in [6, 6.07) is 123. The molecule has 0 bridgehead atoms. The van der Waals surface area contributed by atoms with E-state index in [0.717, 1.165) is 36.7 Å². The fourth-order valence-electron chi connectivity index (χ4n) is 21.1. The Kier molecular flexibility index (Phi) is 26.4. The van der Waals surface area contributed by atoms with Crippen LogP contribution >= 0.6 is 11.7 Å². The molecule has 14 aromatic rings. The third-order valence-electron chi connectivity index (χ3n) is 27.1. The molecule has 2 aliphatic rings. The van der Waals surface area contributed by atoms with Gasteiger partial charge in [-0.3, -0.25) is 0 Å². The van der Waals surface area contributed by atoms with Gasteiger partial charge in [0.25, 0.3) is 0 Å². The predicted molar refractivity (Wildman–Crippen MR) is 511 cm³/mol. The van der Waals surface area contributed by atoms with Gasteiger partial charge in [-0.1, -0.05) is 473 Å². The van der Waals surface area contributed by atoms with Gasteiger partial charge in [0.2, 0.25) is 0 Å². The van der Waals surface area contributed by atoms with E-state index in [2.05, 4.69) is 343 Å². The van der Waals surface area contributed by atoms with Gasteiger partial charge >= 0.3 is 0 Å². The smallest absolute Gasteiger partial charge is 0.172 e. The van der Waals surface area contributed by atoms with Crippen LogP contribution in [0, 0.1) is 0 Å². The lowest BCUT2D eigenvalue weighted by Crippen LogP contribution is -2.74. The van der Waals surface area contributed by atoms with Gasteiger partial charge in [0.15, 0.2) is 16.1 Å². The molecule has 1 heterocycles. The number of benzene rings is 13. The lowest BCUT2D eigenvalue weighted by Gasteiger charge is -2.34. The Hall–Kier alpha value is -9.89. The normalized spacial score (nSPS) is 13.2. The molecule has 2 nitrogen and oxygen atoms in total. The van der Waals surface area contributed by atoms with E-state index >= 15 is 0 Å². The van der Waals surface area contributed by atoms with Gasteiger partial charge in [-0.15, -0.1) is 0 Å². The van der Waals surface area contributed by atoms with Crippen molar-refractivity contribution in [3.05, 3.63) is 338 Å². The summed E-state index contributed by atoms with van der Waals surface area (Å²) in [5.74, 6) is 0. The topological polar surface area (TPSA) is 25.8 Å². The minimum Gasteiger partial charge on any atom is -0.172 e. The number of nitrogens with zero attached hydrogens (tertiary/aromatic N) is 2. The maximum atomic E-state index is 5.35. The number of hydrogen-bond acceptors (Lipinski definition) is 3. The van der Waals surface area contributed by atoms with Crippen LogP contribution in [0.15, 0.2) is 315 Å². The zero-order valence-corrected chi connectivity index (χ0v) is 72.9. The van der Waals surface area contributed by atoms with E-state index in [1.807, 2.05) is 0 Å². The van der Waals surface area contributed by atoms with E-state index in [1.165, 1.54) is 296 Å². The summed E-state index contributed by atoms with van der Waals surface area (Å²) in [5.41, 5.74) is 23.5. The van der Waals surface area contributed by atoms with Crippen molar-refractivity contribution in [2.24, 2.45) is 0 Å². The van der Waals surface area contributed by atoms with E-state index in [9.17, 15) is 0 Å². The molecule has 2 aliphatic carbocycles. The van der Waals surface area contributed by atoms with Crippen molar-refractivity contribution in [3.63, 3.8) is 0 Å². The zero-order valence-electron chi connectivity index (χ0n) is 70.1. The van der Waals surface area contributed by atoms with Crippen LogP contribution in [0.4, 0.5) is 0 Å². The first-order valence-electron chi connectivity index (χ1n) is 45.3. The Morgan fingerprint density at radius 2 is 0.410 bits per heavy atom. The van der Waals surface area contributed by atoms with Crippen LogP contribution in [-0.4, -0.2) is 24.9 Å². The minimum atomic E-state index is -2.71. The molecule has 592 valence electrons. The highest BCUT2D eigenvalue weighted by atomic mass is 32.1. The number of aromatic nitrogens is 2. The molecule has 0 saturated heterocycles. The van der Waals surface area contributed by atoms with Crippen LogP contribution < -0.4 is 41.5 Å². The van der Waals surface area contributed by atoms with Gasteiger partial charge in [0.1, 0.15) is 11.0 Å². The zero-order chi connectivity index (χ0) is 79.7. The number of rotatable bonds is 40. The minimum absolute atomic E-state index is 0.144. The van der Waals surface area contributed by atoms with Crippen LogP contribution in [0.3, 0.4) is 0 Å². The molecule has 16 rings (SSSR count). The average molecular weight is 1580 g/mol. The highest BCUT2D eigenvalue weighted by Crippen LogP contribution is 2.58. The molecule has 0 aliphatic heterocycles. The molecule has 0 N–H and O–H groups in total. The van der Waals surface area contributed by atoms with E-state index < -0.39 is 16.1 Å². The fourth-order valence-corrected chi connectivity index (χ4v) is 31.2. The first kappa shape index (κ1) is 80.9. The summed E-state index contributed by atoms with van der Waals surface area (Å²) < 4.78 is 10.7. The molecule has 0 unspecified atom stereocenters. The van der Waals surface area contributed by atoms with Gasteiger partial charge in [-0.25, -0.2) is 0 Å². The van der Waals surface area contributed by atoms with Crippen molar-refractivity contribution in [2.45, 2.75) is 218 Å². The van der Waals surface area contributed by atoms with E-state index in [0.29, 0.717) is 0 Å². The molecule has 0 atom stereocenters. The Morgan fingerprint density at radius 3 is 0.667 bits per heavy atom. The van der Waals surface area contributed by atoms with Crippen LogP contribution in [-0.2, 0) is 10.8 Å². The third-order valence-corrected chi connectivity index (χ3v) is 37.3. The van der Waals surface area contributed by atoms with Crippen molar-refractivity contribution in [2.75, 3.05) is 0 Å². The molecule has 5 heteroatoms. The summed E-state index contributed by atoms with van der Waals surface area (Å²) in [5, 5.41) is 11.2. The van der Waals surface area contributed by atoms with Crippen LogP contribution in [0.25, 0.3) is 77.8 Å². The molecule has 0 fully saturated rings. The van der Waals surface area contributed by atoms with Crippen molar-refractivity contribution in [1.82, 2.24) is 8.75 Å². The standard InChI is InChI=1S/C112H120N2SSi2/c1-5-9-13-17-21-43-77-111(78-44-22-18-14-10-6-2)105-81-87(85-59-67-97(68-60-85)116(91-47-31-25-32-48-91,92-49-33-26-34-50-92)93-51-35-27-36-52-93)63-71-101(105)103-73-65-89(83-107(103)111)99-75-76-100(110-109(99)113-115-114-110)90-66-74-104-102-72-64-88(82-106(102)112(108(104)84-90,79-45-23-19-15-11-7-3)80-46-24-20-16-12-8-4)86-61-69-98(70-62-86)117(94-53-37-28-38-54-94,95-55-39-29-40-56-95)96-57-41-30-42-58-96/h25-42,47-76,81-84H,5-24,43-46,77-80H2,1-4H3. The summed E-state index contributed by atoms with van der Waals surface area (Å²) in [6.07, 6.45) is 35.2. The third kappa shape index (κ3) is 16.4. The van der Waals surface area contributed by atoms with Gasteiger partial charge < -0.3 is 0 Å². The molecule has 0 spiro atoms. The molecule has 0 radical (unpaired) electrons. The first-order chi connectivity index (χ1) is 57.9. The van der Waals surface area contributed by atoms with E-state index in [1.54, 1.807) is 0 Å². The van der Waals surface area contributed by atoms with Crippen molar-refractivity contribution in [3.8, 4) is 66.8 Å². The highest BCUT2D eigenvalue weighted by Gasteiger charge is 2.47. The van der Waals surface area contributed by atoms with Crippen LogP contribution in [0.5, 0.6) is 0 Å². The van der Waals surface area contributed by atoms with E-state index in [4.69, 9.17) is 8.75 Å². The molecule has 0 amide bonds. The second kappa shape index (κ2) is 38.2. The van der Waals surface area contributed by atoms with Crippen LogP contribution in [0.2, 0.25) is 0 Å². The predicted octanol–water partition coefficient (Wildman–Crippen LogP) is 26.6. The maximum absolute atomic E-state index is 5.35. The maximum Gasteiger partial charge on any atom is 0.179 e. The summed E-state index contributed by atoms with van der Waals surface area (Å²) in [4.78, 5) is 0. The molecule has 13 aromatic carbocycles. The van der Waals surface area contributed by atoms with Crippen LogP contribution in [0.1, 0.15) is 230 Å². The number of unbranched alkanes of at least 4 members (excludes halogenated alkanes) is 20. The molecule has 0 saturated carbocycles. The Balaban J connectivity index is 0.775. The monoisotopic (exact) mass is 1580 g/mol. The molecule has 117 heavy (non-hydrogen) atoms. The lowest BCUT2D eigenvalue weighted by molar-refractivity contribution is 0.398. The SMILES string of the molecule is CCCCCCCCC1(CCCCCCCC)c2cc(-c3ccc([Si](c4ccccc4)(c4ccccc4)c4ccccc4)cc3)ccc2-c2ccc(-c3ccc(-c4ccc5c(c4)C(CCCCCCCC)(CCCCCCCC)c4cc(-c6ccc([Si](c7ccccc7)(c7ccccc7)c7ccccc7)cc6)ccc4-5)c4nsnc34)cc21. The second-order valence-electron chi connectivity index (χ2n) is 34.2. The molecule has 1 aromatic heterocycles. The highest BCUT2D eigenvalue weighted by molar-refractivity contribution is 7.20. The van der Waals surface area contributed by atoms with Crippen molar-refractivity contribution in [1.29, 1.82) is 0 Å². The average Bonchev–Trinajstić information content (AvgIpc) is 1.53. The Labute approximate surface area is 706 Å². The van der Waals surface area contributed by atoms with Gasteiger partial charge in [0.05, 0.1) is 11.7 Å².